The second-order valence-corrected chi connectivity index (χ2v) is 2.93. The smallest absolute Gasteiger partial charge is 0.203 e. The fraction of sp³-hybridized carbons (Fsp3) is 0.400. The lowest BCUT2D eigenvalue weighted by Gasteiger charge is -2.13. The fourth-order valence-electron chi connectivity index (χ4n) is 1.37. The molecule has 1 aromatic carbocycles. The van der Waals surface area contributed by atoms with Crippen molar-refractivity contribution in [3.8, 4) is 17.2 Å². The van der Waals surface area contributed by atoms with Gasteiger partial charge in [0.2, 0.25) is 5.75 Å². The summed E-state index contributed by atoms with van der Waals surface area (Å²) in [5.74, 6) is 1.13. The van der Waals surface area contributed by atoms with Crippen LogP contribution in [-0.4, -0.2) is 19.3 Å². The first-order valence-electron chi connectivity index (χ1n) is 4.03. The van der Waals surface area contributed by atoms with Crippen molar-refractivity contribution in [2.24, 2.45) is 0 Å². The Hall–Kier alpha value is -1.38. The lowest BCUT2D eigenvalue weighted by Crippen LogP contribution is -1.94. The summed E-state index contributed by atoms with van der Waals surface area (Å²) in [4.78, 5) is 0. The summed E-state index contributed by atoms with van der Waals surface area (Å²) < 4.78 is 10.2. The molecule has 1 rings (SSSR count). The second-order valence-electron chi connectivity index (χ2n) is 2.93. The van der Waals surface area contributed by atoms with Crippen LogP contribution in [0.4, 0.5) is 0 Å². The van der Waals surface area contributed by atoms with Crippen LogP contribution in [0.2, 0.25) is 0 Å². The zero-order chi connectivity index (χ0) is 10.0. The molecule has 0 bridgehead atoms. The molecule has 13 heavy (non-hydrogen) atoms. The number of phenolic OH excluding ortho intramolecular Hbond substituents is 1. The topological polar surface area (TPSA) is 38.7 Å². The van der Waals surface area contributed by atoms with Gasteiger partial charge in [-0.1, -0.05) is 0 Å². The van der Waals surface area contributed by atoms with Crippen LogP contribution < -0.4 is 9.47 Å². The van der Waals surface area contributed by atoms with Crippen LogP contribution in [0.15, 0.2) is 6.07 Å². The van der Waals surface area contributed by atoms with E-state index >= 15 is 0 Å². The molecule has 0 aliphatic carbocycles. The highest BCUT2D eigenvalue weighted by Gasteiger charge is 2.14. The SMILES string of the molecule is COc1c(C)cc(C)c(O)c1OC. The average molecular weight is 182 g/mol. The third kappa shape index (κ3) is 1.54. The van der Waals surface area contributed by atoms with Crippen molar-refractivity contribution >= 4 is 0 Å². The molecule has 0 unspecified atom stereocenters. The third-order valence-electron chi connectivity index (χ3n) is 1.99. The van der Waals surface area contributed by atoms with E-state index in [4.69, 9.17) is 9.47 Å². The van der Waals surface area contributed by atoms with Gasteiger partial charge in [0.15, 0.2) is 11.5 Å². The van der Waals surface area contributed by atoms with Gasteiger partial charge in [0.05, 0.1) is 14.2 Å². The summed E-state index contributed by atoms with van der Waals surface area (Å²) in [6.07, 6.45) is 0. The van der Waals surface area contributed by atoms with E-state index in [0.29, 0.717) is 11.5 Å². The third-order valence-corrected chi connectivity index (χ3v) is 1.99. The highest BCUT2D eigenvalue weighted by molar-refractivity contribution is 5.58. The van der Waals surface area contributed by atoms with Gasteiger partial charge in [-0.05, 0) is 31.0 Å². The first-order chi connectivity index (χ1) is 6.11. The number of methoxy groups -OCH3 is 2. The van der Waals surface area contributed by atoms with Gasteiger partial charge in [-0.15, -0.1) is 0 Å². The van der Waals surface area contributed by atoms with E-state index in [1.807, 2.05) is 19.9 Å². The van der Waals surface area contributed by atoms with E-state index in [9.17, 15) is 5.11 Å². The van der Waals surface area contributed by atoms with E-state index in [-0.39, 0.29) is 5.75 Å². The maximum atomic E-state index is 9.63. The molecular weight excluding hydrogens is 168 g/mol. The van der Waals surface area contributed by atoms with Gasteiger partial charge in [-0.25, -0.2) is 0 Å². The molecule has 0 amide bonds. The molecule has 0 aromatic heterocycles. The van der Waals surface area contributed by atoms with Gasteiger partial charge >= 0.3 is 0 Å². The highest BCUT2D eigenvalue weighted by Crippen LogP contribution is 2.41. The normalized spacial score (nSPS) is 9.85. The van der Waals surface area contributed by atoms with Crippen molar-refractivity contribution in [2.75, 3.05) is 14.2 Å². The molecule has 0 fully saturated rings. The van der Waals surface area contributed by atoms with Crippen molar-refractivity contribution < 1.29 is 14.6 Å². The number of benzene rings is 1. The number of phenols is 1. The Bertz CT molecular complexity index is 318. The zero-order valence-electron chi connectivity index (χ0n) is 8.34. The Kier molecular flexibility index (Phi) is 2.66. The van der Waals surface area contributed by atoms with E-state index in [2.05, 4.69) is 0 Å². The molecule has 0 aliphatic rings. The van der Waals surface area contributed by atoms with Gasteiger partial charge < -0.3 is 14.6 Å². The Morgan fingerprint density at radius 2 is 1.54 bits per heavy atom. The van der Waals surface area contributed by atoms with Crippen molar-refractivity contribution in [1.29, 1.82) is 0 Å². The van der Waals surface area contributed by atoms with Crippen molar-refractivity contribution in [3.05, 3.63) is 17.2 Å². The highest BCUT2D eigenvalue weighted by atomic mass is 16.5. The van der Waals surface area contributed by atoms with E-state index in [1.54, 1.807) is 7.11 Å². The van der Waals surface area contributed by atoms with Gasteiger partial charge in [-0.3, -0.25) is 0 Å². The molecular formula is C10H14O3. The average Bonchev–Trinajstić information content (AvgIpc) is 2.10. The molecule has 0 saturated carbocycles. The minimum Gasteiger partial charge on any atom is -0.504 e. The van der Waals surface area contributed by atoms with Gasteiger partial charge in [-0.2, -0.15) is 0 Å². The van der Waals surface area contributed by atoms with Gasteiger partial charge in [0, 0.05) is 0 Å². The number of aryl methyl sites for hydroxylation is 2. The van der Waals surface area contributed by atoms with E-state index < -0.39 is 0 Å². The van der Waals surface area contributed by atoms with Crippen molar-refractivity contribution in [2.45, 2.75) is 13.8 Å². The summed E-state index contributed by atoms with van der Waals surface area (Å²) in [5.41, 5.74) is 1.74. The van der Waals surface area contributed by atoms with Crippen LogP contribution in [-0.2, 0) is 0 Å². The van der Waals surface area contributed by atoms with Crippen LogP contribution in [0.25, 0.3) is 0 Å². The molecule has 0 atom stereocenters. The maximum absolute atomic E-state index is 9.63. The largest absolute Gasteiger partial charge is 0.504 e. The second kappa shape index (κ2) is 3.56. The lowest BCUT2D eigenvalue weighted by atomic mass is 10.1. The fourth-order valence-corrected chi connectivity index (χ4v) is 1.37. The van der Waals surface area contributed by atoms with Crippen LogP contribution >= 0.6 is 0 Å². The number of ether oxygens (including phenoxy) is 2. The summed E-state index contributed by atoms with van der Waals surface area (Å²) in [6.45, 7) is 3.73. The molecule has 0 heterocycles. The molecule has 1 aromatic rings. The summed E-state index contributed by atoms with van der Waals surface area (Å²) in [6, 6.07) is 1.86. The zero-order valence-corrected chi connectivity index (χ0v) is 8.34. The minimum atomic E-state index is 0.143. The molecule has 3 nitrogen and oxygen atoms in total. The van der Waals surface area contributed by atoms with Crippen LogP contribution in [0.5, 0.6) is 17.2 Å². The number of hydrogen-bond donors (Lipinski definition) is 1. The standard InChI is InChI=1S/C10H14O3/c1-6-5-7(2)9(12-3)10(13-4)8(6)11/h5,11H,1-4H3. The maximum Gasteiger partial charge on any atom is 0.203 e. The molecule has 0 spiro atoms. The molecule has 0 saturated heterocycles. The molecule has 72 valence electrons. The van der Waals surface area contributed by atoms with E-state index in [0.717, 1.165) is 11.1 Å². The van der Waals surface area contributed by atoms with Crippen molar-refractivity contribution in [3.63, 3.8) is 0 Å². The van der Waals surface area contributed by atoms with Crippen LogP contribution in [0.1, 0.15) is 11.1 Å². The Morgan fingerprint density at radius 3 is 2.00 bits per heavy atom. The number of rotatable bonds is 2. The molecule has 1 N–H and O–H groups in total. The predicted molar refractivity (Wildman–Crippen MR) is 50.7 cm³/mol. The molecule has 3 heteroatoms. The van der Waals surface area contributed by atoms with E-state index in [1.165, 1.54) is 7.11 Å². The van der Waals surface area contributed by atoms with Crippen LogP contribution in [0, 0.1) is 13.8 Å². The first kappa shape index (κ1) is 9.71. The monoisotopic (exact) mass is 182 g/mol. The minimum absolute atomic E-state index is 0.143. The van der Waals surface area contributed by atoms with Crippen molar-refractivity contribution in [1.82, 2.24) is 0 Å². The summed E-state index contributed by atoms with van der Waals surface area (Å²) >= 11 is 0. The summed E-state index contributed by atoms with van der Waals surface area (Å²) in [7, 11) is 3.07. The Labute approximate surface area is 77.9 Å². The van der Waals surface area contributed by atoms with Crippen LogP contribution in [0.3, 0.4) is 0 Å². The predicted octanol–water partition coefficient (Wildman–Crippen LogP) is 2.03. The number of hydrogen-bond acceptors (Lipinski definition) is 3. The summed E-state index contributed by atoms with van der Waals surface area (Å²) in [5, 5.41) is 9.63. The van der Waals surface area contributed by atoms with Gasteiger partial charge in [0.1, 0.15) is 0 Å². The lowest BCUT2D eigenvalue weighted by molar-refractivity contribution is 0.330. The first-order valence-corrected chi connectivity index (χ1v) is 4.03. The Balaban J connectivity index is 3.41. The van der Waals surface area contributed by atoms with Gasteiger partial charge in [0.25, 0.3) is 0 Å². The quantitative estimate of drug-likeness (QED) is 0.760. The number of aromatic hydroxyl groups is 1. The molecule has 0 radical (unpaired) electrons. The Morgan fingerprint density at radius 1 is 1.00 bits per heavy atom. The molecule has 0 aliphatic heterocycles.